The molecule has 0 unspecified atom stereocenters. The van der Waals surface area contributed by atoms with E-state index < -0.39 is 0 Å². The highest BCUT2D eigenvalue weighted by atomic mass is 19.1. The van der Waals surface area contributed by atoms with Crippen LogP contribution in [-0.4, -0.2) is 44.7 Å². The van der Waals surface area contributed by atoms with Crippen LogP contribution in [0.25, 0.3) is 0 Å². The lowest BCUT2D eigenvalue weighted by molar-refractivity contribution is -0.892. The molecule has 4 nitrogen and oxygen atoms in total. The minimum atomic E-state index is -0.203. The van der Waals surface area contributed by atoms with Crippen molar-refractivity contribution in [1.82, 2.24) is 5.32 Å². The highest BCUT2D eigenvalue weighted by Gasteiger charge is 2.22. The molecule has 1 fully saturated rings. The maximum absolute atomic E-state index is 13.0. The second-order valence-corrected chi connectivity index (χ2v) is 7.33. The van der Waals surface area contributed by atoms with Crippen molar-refractivity contribution in [2.75, 3.05) is 37.6 Å². The van der Waals surface area contributed by atoms with Gasteiger partial charge in [-0.2, -0.15) is 0 Å². The molecule has 2 rings (SSSR count). The van der Waals surface area contributed by atoms with Crippen molar-refractivity contribution in [2.24, 2.45) is 5.92 Å². The molecule has 0 bridgehead atoms. The van der Waals surface area contributed by atoms with Gasteiger partial charge in [-0.15, -0.1) is 0 Å². The molecule has 1 heterocycles. The van der Waals surface area contributed by atoms with Crippen molar-refractivity contribution >= 4 is 11.6 Å². The van der Waals surface area contributed by atoms with Crippen molar-refractivity contribution in [3.05, 3.63) is 30.1 Å². The Bertz CT molecular complexity index is 510. The van der Waals surface area contributed by atoms with Gasteiger partial charge in [0.25, 0.3) is 5.91 Å². The van der Waals surface area contributed by atoms with Crippen LogP contribution in [0, 0.1) is 11.7 Å². The fourth-order valence-electron chi connectivity index (χ4n) is 3.12. The number of nitrogens with zero attached hydrogens (tertiary/aromatic N) is 1. The topological polar surface area (TPSA) is 36.8 Å². The van der Waals surface area contributed by atoms with E-state index in [-0.39, 0.29) is 17.8 Å². The summed E-state index contributed by atoms with van der Waals surface area (Å²) in [7, 11) is 0. The Balaban J connectivity index is 1.70. The number of halogens is 1. The number of carbonyl (C=O) groups is 1. The molecule has 1 atom stereocenters. The van der Waals surface area contributed by atoms with Gasteiger partial charge >= 0.3 is 0 Å². The van der Waals surface area contributed by atoms with E-state index in [0.717, 1.165) is 44.7 Å². The summed E-state index contributed by atoms with van der Waals surface area (Å²) in [5.74, 6) is 0.622. The molecular formula is C19H31FN3O+. The van der Waals surface area contributed by atoms with Crippen LogP contribution in [0.1, 0.15) is 33.6 Å². The van der Waals surface area contributed by atoms with Crippen molar-refractivity contribution in [2.45, 2.75) is 39.7 Å². The lowest BCUT2D eigenvalue weighted by atomic mass is 10.0. The van der Waals surface area contributed by atoms with Gasteiger partial charge in [0.15, 0.2) is 6.54 Å². The van der Waals surface area contributed by atoms with Gasteiger partial charge in [0, 0.05) is 11.7 Å². The molecule has 1 aromatic carbocycles. The molecule has 0 radical (unpaired) electrons. The molecule has 1 aromatic rings. The van der Waals surface area contributed by atoms with Crippen molar-refractivity contribution in [3.63, 3.8) is 0 Å². The minimum Gasteiger partial charge on any atom is -0.360 e. The number of hydrogen-bond acceptors (Lipinski definition) is 2. The number of benzene rings is 1. The van der Waals surface area contributed by atoms with E-state index in [1.807, 2.05) is 12.1 Å². The van der Waals surface area contributed by atoms with Crippen molar-refractivity contribution in [1.29, 1.82) is 0 Å². The Labute approximate surface area is 145 Å². The molecule has 1 aliphatic rings. The van der Waals surface area contributed by atoms with E-state index in [1.165, 1.54) is 17.0 Å². The number of carbonyl (C=O) groups excluding carboxylic acids is 1. The summed E-state index contributed by atoms with van der Waals surface area (Å²) in [5, 5.41) is 3.12. The first-order valence-corrected chi connectivity index (χ1v) is 9.07. The van der Waals surface area contributed by atoms with Gasteiger partial charge in [-0.3, -0.25) is 4.79 Å². The molecular weight excluding hydrogens is 305 g/mol. The number of rotatable bonds is 7. The Morgan fingerprint density at radius 1 is 1.17 bits per heavy atom. The van der Waals surface area contributed by atoms with E-state index in [0.29, 0.717) is 12.5 Å². The average Bonchev–Trinajstić information content (AvgIpc) is 2.54. The summed E-state index contributed by atoms with van der Waals surface area (Å²) in [6.45, 7) is 10.7. The summed E-state index contributed by atoms with van der Waals surface area (Å²) >= 11 is 0. The van der Waals surface area contributed by atoms with Crippen LogP contribution in [0.5, 0.6) is 0 Å². The third kappa shape index (κ3) is 6.11. The van der Waals surface area contributed by atoms with E-state index in [4.69, 9.17) is 0 Å². The molecule has 0 aliphatic carbocycles. The zero-order valence-corrected chi connectivity index (χ0v) is 15.1. The molecule has 1 amide bonds. The smallest absolute Gasteiger partial charge is 0.275 e. The third-order valence-electron chi connectivity index (χ3n) is 4.66. The summed E-state index contributed by atoms with van der Waals surface area (Å²) in [5.41, 5.74) is 1.06. The van der Waals surface area contributed by atoms with E-state index in [2.05, 4.69) is 31.0 Å². The van der Waals surface area contributed by atoms with Crippen LogP contribution in [0.3, 0.4) is 0 Å². The molecule has 0 spiro atoms. The number of piperazine rings is 1. The monoisotopic (exact) mass is 336 g/mol. The SMILES string of the molecule is CC(C)CC[C@@H](C)NC(=O)C[NH+]1CCN(c2ccc(F)cc2)CC1. The minimum absolute atomic E-state index is 0.150. The number of nitrogens with one attached hydrogen (secondary N) is 2. The maximum Gasteiger partial charge on any atom is 0.275 e. The third-order valence-corrected chi connectivity index (χ3v) is 4.66. The fourth-order valence-corrected chi connectivity index (χ4v) is 3.12. The number of amides is 1. The van der Waals surface area contributed by atoms with Gasteiger partial charge in [-0.1, -0.05) is 13.8 Å². The first-order valence-electron chi connectivity index (χ1n) is 9.07. The van der Waals surface area contributed by atoms with Crippen LogP contribution in [0.2, 0.25) is 0 Å². The quantitative estimate of drug-likeness (QED) is 0.791. The Morgan fingerprint density at radius 3 is 2.38 bits per heavy atom. The lowest BCUT2D eigenvalue weighted by Gasteiger charge is -2.33. The predicted molar refractivity (Wildman–Crippen MR) is 95.9 cm³/mol. The van der Waals surface area contributed by atoms with E-state index >= 15 is 0 Å². The highest BCUT2D eigenvalue weighted by molar-refractivity contribution is 5.77. The Hall–Kier alpha value is -1.62. The molecule has 2 N–H and O–H groups in total. The summed E-state index contributed by atoms with van der Waals surface area (Å²) < 4.78 is 13.0. The first-order chi connectivity index (χ1) is 11.4. The van der Waals surface area contributed by atoms with Crippen LogP contribution in [0.4, 0.5) is 10.1 Å². The van der Waals surface area contributed by atoms with Crippen molar-refractivity contribution < 1.29 is 14.1 Å². The lowest BCUT2D eigenvalue weighted by Crippen LogP contribution is -3.16. The predicted octanol–water partition coefficient (Wildman–Crippen LogP) is 1.47. The van der Waals surface area contributed by atoms with Crippen LogP contribution >= 0.6 is 0 Å². The molecule has 134 valence electrons. The second-order valence-electron chi connectivity index (χ2n) is 7.33. The van der Waals surface area contributed by atoms with Gasteiger partial charge in [0.2, 0.25) is 0 Å². The van der Waals surface area contributed by atoms with E-state index in [9.17, 15) is 9.18 Å². The summed E-state index contributed by atoms with van der Waals surface area (Å²) in [6, 6.07) is 6.90. The second kappa shape index (κ2) is 9.02. The first kappa shape index (κ1) is 18.7. The standard InChI is InChI=1S/C19H30FN3O/c1-15(2)4-5-16(3)21-19(24)14-22-10-12-23(13-11-22)18-8-6-17(20)7-9-18/h6-9,15-16H,4-5,10-14H2,1-3H3,(H,21,24)/p+1/t16-/m1/s1. The molecule has 1 aliphatic heterocycles. The molecule has 5 heteroatoms. The number of quaternary nitrogens is 1. The largest absolute Gasteiger partial charge is 0.360 e. The zero-order valence-electron chi connectivity index (χ0n) is 15.1. The highest BCUT2D eigenvalue weighted by Crippen LogP contribution is 2.14. The van der Waals surface area contributed by atoms with Gasteiger partial charge in [-0.05, 0) is 49.9 Å². The Morgan fingerprint density at radius 2 is 1.79 bits per heavy atom. The molecule has 1 saturated heterocycles. The number of anilines is 1. The average molecular weight is 336 g/mol. The van der Waals surface area contributed by atoms with Gasteiger partial charge in [0.1, 0.15) is 5.82 Å². The summed E-state index contributed by atoms with van der Waals surface area (Å²) in [4.78, 5) is 15.7. The zero-order chi connectivity index (χ0) is 17.5. The normalized spacial score (nSPS) is 17.1. The fraction of sp³-hybridized carbons (Fsp3) is 0.632. The van der Waals surface area contributed by atoms with Crippen LogP contribution < -0.4 is 15.1 Å². The van der Waals surface area contributed by atoms with Gasteiger partial charge in [-0.25, -0.2) is 4.39 Å². The maximum atomic E-state index is 13.0. The Kier molecular flexibility index (Phi) is 7.03. The number of hydrogen-bond donors (Lipinski definition) is 2. The molecule has 0 aromatic heterocycles. The molecule has 0 saturated carbocycles. The van der Waals surface area contributed by atoms with Gasteiger partial charge < -0.3 is 15.1 Å². The van der Waals surface area contributed by atoms with Gasteiger partial charge in [0.05, 0.1) is 26.2 Å². The van der Waals surface area contributed by atoms with Crippen LogP contribution in [0.15, 0.2) is 24.3 Å². The molecule has 24 heavy (non-hydrogen) atoms. The van der Waals surface area contributed by atoms with E-state index in [1.54, 1.807) is 0 Å². The summed E-state index contributed by atoms with van der Waals surface area (Å²) in [6.07, 6.45) is 2.18. The van der Waals surface area contributed by atoms with Crippen molar-refractivity contribution in [3.8, 4) is 0 Å². The van der Waals surface area contributed by atoms with Crippen LogP contribution in [-0.2, 0) is 4.79 Å².